The minimum absolute atomic E-state index is 0.918. The first-order valence-corrected chi connectivity index (χ1v) is 7.82. The molecule has 3 heterocycles. The van der Waals surface area contributed by atoms with Crippen molar-refractivity contribution in [2.24, 2.45) is 4.99 Å². The van der Waals surface area contributed by atoms with E-state index in [4.69, 9.17) is 0 Å². The SMILES string of the molecule is C=C(c1ccc2nccn2c1)c1c(/C(C=NC)=C/C)ccnc1C. The van der Waals surface area contributed by atoms with Gasteiger partial charge in [-0.2, -0.15) is 0 Å². The largest absolute Gasteiger partial charge is 0.306 e. The lowest BCUT2D eigenvalue weighted by molar-refractivity contribution is 1.16. The Morgan fingerprint density at radius 2 is 2.04 bits per heavy atom. The Morgan fingerprint density at radius 3 is 2.79 bits per heavy atom. The van der Waals surface area contributed by atoms with Gasteiger partial charge in [0.1, 0.15) is 5.65 Å². The van der Waals surface area contributed by atoms with Crippen LogP contribution in [-0.4, -0.2) is 27.6 Å². The van der Waals surface area contributed by atoms with E-state index in [1.807, 2.05) is 61.3 Å². The number of aliphatic imine (C=N–C) groups is 1. The number of aromatic nitrogens is 3. The van der Waals surface area contributed by atoms with Crippen molar-refractivity contribution < 1.29 is 0 Å². The van der Waals surface area contributed by atoms with Crippen LogP contribution in [-0.2, 0) is 0 Å². The second kappa shape index (κ2) is 6.62. The monoisotopic (exact) mass is 316 g/mol. The Balaban J connectivity index is 2.15. The summed E-state index contributed by atoms with van der Waals surface area (Å²) < 4.78 is 2.00. The first-order valence-electron chi connectivity index (χ1n) is 7.82. The highest BCUT2D eigenvalue weighted by molar-refractivity contribution is 6.11. The summed E-state index contributed by atoms with van der Waals surface area (Å²) in [4.78, 5) is 12.9. The maximum absolute atomic E-state index is 4.46. The van der Waals surface area contributed by atoms with Crippen LogP contribution in [0.2, 0.25) is 0 Å². The first kappa shape index (κ1) is 15.9. The van der Waals surface area contributed by atoms with E-state index in [-0.39, 0.29) is 0 Å². The van der Waals surface area contributed by atoms with Crippen LogP contribution in [0.3, 0.4) is 0 Å². The van der Waals surface area contributed by atoms with Gasteiger partial charge in [0.15, 0.2) is 0 Å². The lowest BCUT2D eigenvalue weighted by Gasteiger charge is -2.15. The van der Waals surface area contributed by atoms with Gasteiger partial charge in [-0.3, -0.25) is 9.98 Å². The summed E-state index contributed by atoms with van der Waals surface area (Å²) >= 11 is 0. The molecule has 4 heteroatoms. The van der Waals surface area contributed by atoms with Crippen molar-refractivity contribution in [1.82, 2.24) is 14.4 Å². The molecule has 120 valence electrons. The van der Waals surface area contributed by atoms with E-state index in [0.717, 1.165) is 39.2 Å². The topological polar surface area (TPSA) is 42.5 Å². The Bertz CT molecular complexity index is 961. The van der Waals surface area contributed by atoms with Crippen LogP contribution in [0.4, 0.5) is 0 Å². The van der Waals surface area contributed by atoms with Gasteiger partial charge in [0.2, 0.25) is 0 Å². The van der Waals surface area contributed by atoms with Crippen molar-refractivity contribution in [2.75, 3.05) is 7.05 Å². The van der Waals surface area contributed by atoms with E-state index >= 15 is 0 Å². The van der Waals surface area contributed by atoms with Gasteiger partial charge in [-0.25, -0.2) is 4.98 Å². The summed E-state index contributed by atoms with van der Waals surface area (Å²) in [5.74, 6) is 0. The van der Waals surface area contributed by atoms with Gasteiger partial charge in [0, 0.05) is 49.3 Å². The van der Waals surface area contributed by atoms with Gasteiger partial charge in [0.25, 0.3) is 0 Å². The van der Waals surface area contributed by atoms with E-state index in [1.165, 1.54) is 0 Å². The standard InChI is InChI=1S/C20H20N4/c1-5-16(12-21-4)18-8-9-22-15(3)20(18)14(2)17-6-7-19-23-10-11-24(19)13-17/h5-13H,2H2,1,3-4H3/b16-5+,21-12?. The van der Waals surface area contributed by atoms with Crippen LogP contribution < -0.4 is 0 Å². The zero-order chi connectivity index (χ0) is 17.1. The molecular formula is C20H20N4. The average molecular weight is 316 g/mol. The van der Waals surface area contributed by atoms with Crippen molar-refractivity contribution >= 4 is 23.0 Å². The Morgan fingerprint density at radius 1 is 1.21 bits per heavy atom. The minimum atomic E-state index is 0.918. The molecule has 0 aromatic carbocycles. The molecule has 24 heavy (non-hydrogen) atoms. The number of nitrogens with zero attached hydrogens (tertiary/aromatic N) is 4. The first-order chi connectivity index (χ1) is 11.7. The predicted octanol–water partition coefficient (Wildman–Crippen LogP) is 4.20. The molecular weight excluding hydrogens is 296 g/mol. The third kappa shape index (κ3) is 2.78. The van der Waals surface area contributed by atoms with Crippen LogP contribution in [0.5, 0.6) is 0 Å². The lowest BCUT2D eigenvalue weighted by Crippen LogP contribution is -2.01. The summed E-state index contributed by atoms with van der Waals surface area (Å²) in [5.41, 5.74) is 7.05. The smallest absolute Gasteiger partial charge is 0.136 e. The van der Waals surface area contributed by atoms with Crippen LogP contribution in [0.15, 0.2) is 60.6 Å². The molecule has 0 spiro atoms. The second-order valence-corrected chi connectivity index (χ2v) is 5.54. The highest BCUT2D eigenvalue weighted by Crippen LogP contribution is 2.30. The Kier molecular flexibility index (Phi) is 4.38. The van der Waals surface area contributed by atoms with E-state index in [9.17, 15) is 0 Å². The minimum Gasteiger partial charge on any atom is -0.306 e. The molecule has 4 nitrogen and oxygen atoms in total. The van der Waals surface area contributed by atoms with Crippen molar-refractivity contribution in [1.29, 1.82) is 0 Å². The number of hydrogen-bond acceptors (Lipinski definition) is 3. The Labute approximate surface area is 141 Å². The Hall–Kier alpha value is -3.01. The third-order valence-electron chi connectivity index (χ3n) is 4.07. The molecule has 3 aromatic heterocycles. The van der Waals surface area contributed by atoms with Crippen molar-refractivity contribution in [2.45, 2.75) is 13.8 Å². The molecule has 0 fully saturated rings. The van der Waals surface area contributed by atoms with E-state index in [1.54, 1.807) is 13.2 Å². The number of rotatable bonds is 4. The quantitative estimate of drug-likeness (QED) is 0.677. The van der Waals surface area contributed by atoms with E-state index in [2.05, 4.69) is 27.6 Å². The molecule has 0 unspecified atom stereocenters. The number of hydrogen-bond donors (Lipinski definition) is 0. The molecule has 0 atom stereocenters. The molecule has 3 aromatic rings. The van der Waals surface area contributed by atoms with Crippen LogP contribution in [0, 0.1) is 6.92 Å². The number of imidazole rings is 1. The van der Waals surface area contributed by atoms with Crippen molar-refractivity contribution in [3.8, 4) is 0 Å². The fourth-order valence-electron chi connectivity index (χ4n) is 2.87. The van der Waals surface area contributed by atoms with Gasteiger partial charge < -0.3 is 4.40 Å². The zero-order valence-electron chi connectivity index (χ0n) is 14.2. The van der Waals surface area contributed by atoms with Gasteiger partial charge in [-0.05, 0) is 54.3 Å². The molecule has 3 rings (SSSR count). The predicted molar refractivity (Wildman–Crippen MR) is 100 cm³/mol. The molecule has 0 aliphatic rings. The third-order valence-corrected chi connectivity index (χ3v) is 4.07. The number of aryl methyl sites for hydroxylation is 1. The normalized spacial score (nSPS) is 12.2. The van der Waals surface area contributed by atoms with Crippen LogP contribution in [0.25, 0.3) is 16.8 Å². The summed E-state index contributed by atoms with van der Waals surface area (Å²) in [6.45, 7) is 8.36. The van der Waals surface area contributed by atoms with Gasteiger partial charge >= 0.3 is 0 Å². The van der Waals surface area contributed by atoms with E-state index < -0.39 is 0 Å². The summed E-state index contributed by atoms with van der Waals surface area (Å²) in [7, 11) is 1.78. The molecule has 0 saturated heterocycles. The van der Waals surface area contributed by atoms with Crippen molar-refractivity contribution in [3.05, 3.63) is 78.0 Å². The highest BCUT2D eigenvalue weighted by Gasteiger charge is 2.14. The lowest BCUT2D eigenvalue weighted by atomic mass is 9.91. The number of pyridine rings is 2. The molecule has 0 bridgehead atoms. The molecule has 0 N–H and O–H groups in total. The zero-order valence-corrected chi connectivity index (χ0v) is 14.2. The second-order valence-electron chi connectivity index (χ2n) is 5.54. The molecule has 0 aliphatic carbocycles. The number of fused-ring (bicyclic) bond motifs is 1. The summed E-state index contributed by atoms with van der Waals surface area (Å²) in [6, 6.07) is 6.06. The van der Waals surface area contributed by atoms with Gasteiger partial charge in [-0.15, -0.1) is 0 Å². The molecule has 0 aliphatic heterocycles. The fraction of sp³-hybridized carbons (Fsp3) is 0.150. The molecule has 0 radical (unpaired) electrons. The van der Waals surface area contributed by atoms with Gasteiger partial charge in [0.05, 0.1) is 0 Å². The van der Waals surface area contributed by atoms with Crippen LogP contribution >= 0.6 is 0 Å². The maximum atomic E-state index is 4.46. The molecule has 0 saturated carbocycles. The molecule has 0 amide bonds. The van der Waals surface area contributed by atoms with Crippen LogP contribution in [0.1, 0.15) is 29.3 Å². The van der Waals surface area contributed by atoms with Gasteiger partial charge in [-0.1, -0.05) is 12.7 Å². The summed E-state index contributed by atoms with van der Waals surface area (Å²) in [5, 5.41) is 0. The fourth-order valence-corrected chi connectivity index (χ4v) is 2.87. The maximum Gasteiger partial charge on any atom is 0.136 e. The van der Waals surface area contributed by atoms with Crippen molar-refractivity contribution in [3.63, 3.8) is 0 Å². The highest BCUT2D eigenvalue weighted by atomic mass is 15.0. The average Bonchev–Trinajstić information content (AvgIpc) is 3.06. The number of allylic oxidation sites excluding steroid dienone is 2. The van der Waals surface area contributed by atoms with E-state index in [0.29, 0.717) is 0 Å². The summed E-state index contributed by atoms with van der Waals surface area (Å²) in [6.07, 6.45) is 11.5.